The van der Waals surface area contributed by atoms with Crippen molar-refractivity contribution in [2.45, 2.75) is 13.8 Å². The van der Waals surface area contributed by atoms with Crippen LogP contribution in [0.1, 0.15) is 24.2 Å². The predicted molar refractivity (Wildman–Crippen MR) is 79.3 cm³/mol. The quantitative estimate of drug-likeness (QED) is 0.805. The topological polar surface area (TPSA) is 58.2 Å². The first-order valence-corrected chi connectivity index (χ1v) is 6.70. The van der Waals surface area contributed by atoms with E-state index in [4.69, 9.17) is 0 Å². The van der Waals surface area contributed by atoms with Gasteiger partial charge in [-0.25, -0.2) is 0 Å². The molecule has 5 heteroatoms. The van der Waals surface area contributed by atoms with Crippen molar-refractivity contribution in [3.63, 3.8) is 0 Å². The lowest BCUT2D eigenvalue weighted by atomic mass is 9.92. The highest BCUT2D eigenvalue weighted by Gasteiger charge is 2.27. The molecule has 0 saturated carbocycles. The summed E-state index contributed by atoms with van der Waals surface area (Å²) in [5.41, 5.74) is -0.0173. The zero-order valence-corrected chi connectivity index (χ0v) is 12.9. The van der Waals surface area contributed by atoms with Crippen LogP contribution in [0.3, 0.4) is 0 Å². The van der Waals surface area contributed by atoms with Crippen LogP contribution in [0.25, 0.3) is 0 Å². The maximum Gasteiger partial charge on any atom is 0.251 e. The lowest BCUT2D eigenvalue weighted by Gasteiger charge is -2.22. The predicted octanol–water partition coefficient (Wildman–Crippen LogP) is 1.79. The number of carbonyl (C=O) groups is 2. The van der Waals surface area contributed by atoms with Crippen molar-refractivity contribution in [3.05, 3.63) is 33.4 Å². The Morgan fingerprint density at radius 1 is 1.22 bits per heavy atom. The van der Waals surface area contributed by atoms with Gasteiger partial charge in [-0.15, -0.1) is 0 Å². The Labute approximate surface area is 121 Å². The van der Waals surface area contributed by atoms with Gasteiger partial charge in [-0.2, -0.15) is 0 Å². The van der Waals surface area contributed by atoms with Crippen molar-refractivity contribution < 1.29 is 9.59 Å². The van der Waals surface area contributed by atoms with Crippen LogP contribution in [0.2, 0.25) is 0 Å². The van der Waals surface area contributed by atoms with Crippen molar-refractivity contribution >= 4 is 34.4 Å². The fourth-order valence-electron chi connectivity index (χ4n) is 1.42. The van der Waals surface area contributed by atoms with Gasteiger partial charge in [0.2, 0.25) is 5.91 Å². The van der Waals surface area contributed by atoms with E-state index in [1.165, 1.54) is 0 Å². The molecule has 0 radical (unpaired) electrons. The summed E-state index contributed by atoms with van der Waals surface area (Å²) in [7, 11) is 1.59. The summed E-state index contributed by atoms with van der Waals surface area (Å²) in [5.74, 6) is -0.256. The minimum atomic E-state index is -0.617. The molecule has 0 aliphatic rings. The molecule has 1 aromatic rings. The van der Waals surface area contributed by atoms with Crippen molar-refractivity contribution in [2.24, 2.45) is 5.41 Å². The summed E-state index contributed by atoms with van der Waals surface area (Å²) < 4.78 is 1.08. The molecule has 4 nitrogen and oxygen atoms in total. The summed E-state index contributed by atoms with van der Waals surface area (Å²) in [6, 6.07) is 7.28. The molecule has 0 aliphatic heterocycles. The summed E-state index contributed by atoms with van der Waals surface area (Å²) in [4.78, 5) is 23.4. The fourth-order valence-corrected chi connectivity index (χ4v) is 1.78. The van der Waals surface area contributed by atoms with Gasteiger partial charge in [0.15, 0.2) is 0 Å². The minimum absolute atomic E-state index is 0.0922. The highest BCUT2D eigenvalue weighted by molar-refractivity contribution is 14.1. The molecule has 18 heavy (non-hydrogen) atoms. The standard InChI is InChI=1S/C13H17IN2O2/c1-13(2,12(18)15-3)8-16-11(17)9-4-6-10(14)7-5-9/h4-7H,8H2,1-3H3,(H,15,18)(H,16,17). The average Bonchev–Trinajstić information content (AvgIpc) is 2.35. The van der Waals surface area contributed by atoms with E-state index < -0.39 is 5.41 Å². The second-order valence-corrected chi connectivity index (χ2v) is 5.90. The largest absolute Gasteiger partial charge is 0.359 e. The number of benzene rings is 1. The number of halogens is 1. The minimum Gasteiger partial charge on any atom is -0.359 e. The van der Waals surface area contributed by atoms with E-state index in [0.29, 0.717) is 12.1 Å². The normalized spacial score (nSPS) is 10.9. The van der Waals surface area contributed by atoms with E-state index in [1.807, 2.05) is 12.1 Å². The van der Waals surface area contributed by atoms with Crippen LogP contribution in [-0.4, -0.2) is 25.4 Å². The van der Waals surface area contributed by atoms with Crippen molar-refractivity contribution in [1.29, 1.82) is 0 Å². The molecular weight excluding hydrogens is 343 g/mol. The number of rotatable bonds is 4. The summed E-state index contributed by atoms with van der Waals surface area (Å²) in [5, 5.41) is 5.36. The number of carbonyl (C=O) groups excluding carboxylic acids is 2. The van der Waals surface area contributed by atoms with Gasteiger partial charge in [-0.1, -0.05) is 0 Å². The van der Waals surface area contributed by atoms with Gasteiger partial charge in [0.1, 0.15) is 0 Å². The van der Waals surface area contributed by atoms with Crippen LogP contribution in [0, 0.1) is 8.99 Å². The Morgan fingerprint density at radius 3 is 2.28 bits per heavy atom. The molecule has 2 amide bonds. The second kappa shape index (κ2) is 6.17. The molecule has 0 atom stereocenters. The maximum atomic E-state index is 11.9. The second-order valence-electron chi connectivity index (χ2n) is 4.65. The lowest BCUT2D eigenvalue weighted by Crippen LogP contribution is -2.43. The molecule has 0 saturated heterocycles. The third-order valence-electron chi connectivity index (χ3n) is 2.64. The maximum absolute atomic E-state index is 11.9. The number of hydrogen-bond acceptors (Lipinski definition) is 2. The molecule has 0 fully saturated rings. The highest BCUT2D eigenvalue weighted by atomic mass is 127. The Bertz CT molecular complexity index is 441. The molecule has 0 heterocycles. The first-order valence-electron chi connectivity index (χ1n) is 5.63. The van der Waals surface area contributed by atoms with E-state index in [0.717, 1.165) is 3.57 Å². The van der Waals surface area contributed by atoms with Crippen LogP contribution < -0.4 is 10.6 Å². The zero-order valence-electron chi connectivity index (χ0n) is 10.7. The molecule has 98 valence electrons. The monoisotopic (exact) mass is 360 g/mol. The van der Waals surface area contributed by atoms with Gasteiger partial charge in [0, 0.05) is 22.7 Å². The number of hydrogen-bond donors (Lipinski definition) is 2. The van der Waals surface area contributed by atoms with E-state index in [-0.39, 0.29) is 11.8 Å². The molecular formula is C13H17IN2O2. The highest BCUT2D eigenvalue weighted by Crippen LogP contribution is 2.14. The lowest BCUT2D eigenvalue weighted by molar-refractivity contribution is -0.128. The SMILES string of the molecule is CNC(=O)C(C)(C)CNC(=O)c1ccc(I)cc1. The molecule has 0 aromatic heterocycles. The van der Waals surface area contributed by atoms with Crippen molar-refractivity contribution in [1.82, 2.24) is 10.6 Å². The van der Waals surface area contributed by atoms with E-state index >= 15 is 0 Å². The molecule has 1 rings (SSSR count). The molecule has 0 aliphatic carbocycles. The van der Waals surface area contributed by atoms with Gasteiger partial charge in [0.05, 0.1) is 5.41 Å². The third-order valence-corrected chi connectivity index (χ3v) is 3.36. The fraction of sp³-hybridized carbons (Fsp3) is 0.385. The third kappa shape index (κ3) is 3.97. The van der Waals surface area contributed by atoms with Crippen LogP contribution in [0.5, 0.6) is 0 Å². The Morgan fingerprint density at radius 2 is 1.78 bits per heavy atom. The average molecular weight is 360 g/mol. The number of nitrogens with one attached hydrogen (secondary N) is 2. The summed E-state index contributed by atoms with van der Waals surface area (Å²) in [6.45, 7) is 3.89. The van der Waals surface area contributed by atoms with Gasteiger partial charge in [0.25, 0.3) is 5.91 Å². The van der Waals surface area contributed by atoms with Gasteiger partial charge in [-0.05, 0) is 60.7 Å². The Hall–Kier alpha value is -1.11. The van der Waals surface area contributed by atoms with E-state index in [1.54, 1.807) is 33.0 Å². The van der Waals surface area contributed by atoms with Crippen LogP contribution in [0.15, 0.2) is 24.3 Å². The molecule has 0 spiro atoms. The number of amides is 2. The first kappa shape index (κ1) is 14.9. The zero-order chi connectivity index (χ0) is 13.8. The molecule has 1 aromatic carbocycles. The van der Waals surface area contributed by atoms with Crippen LogP contribution in [0.4, 0.5) is 0 Å². The molecule has 0 unspecified atom stereocenters. The van der Waals surface area contributed by atoms with Gasteiger partial charge < -0.3 is 10.6 Å². The van der Waals surface area contributed by atoms with Crippen molar-refractivity contribution in [3.8, 4) is 0 Å². The Kier molecular flexibility index (Phi) is 5.13. The van der Waals surface area contributed by atoms with Crippen molar-refractivity contribution in [2.75, 3.05) is 13.6 Å². The molecule has 0 bridgehead atoms. The summed E-state index contributed by atoms with van der Waals surface area (Å²) in [6.07, 6.45) is 0. The Balaban J connectivity index is 2.61. The molecule has 2 N–H and O–H groups in total. The van der Waals surface area contributed by atoms with E-state index in [9.17, 15) is 9.59 Å². The van der Waals surface area contributed by atoms with Gasteiger partial charge in [-0.3, -0.25) is 9.59 Å². The van der Waals surface area contributed by atoms with Crippen LogP contribution in [-0.2, 0) is 4.79 Å². The first-order chi connectivity index (χ1) is 8.36. The van der Waals surface area contributed by atoms with Gasteiger partial charge >= 0.3 is 0 Å². The summed E-state index contributed by atoms with van der Waals surface area (Å²) >= 11 is 2.18. The smallest absolute Gasteiger partial charge is 0.251 e. The van der Waals surface area contributed by atoms with Crippen LogP contribution >= 0.6 is 22.6 Å². The van der Waals surface area contributed by atoms with E-state index in [2.05, 4.69) is 33.2 Å².